The van der Waals surface area contributed by atoms with Gasteiger partial charge in [-0.2, -0.15) is 6.08 Å². The van der Waals surface area contributed by atoms with Crippen LogP contribution in [0.15, 0.2) is 18.2 Å². The first-order chi connectivity index (χ1) is 10.7. The third kappa shape index (κ3) is 77.9. The molecule has 1 aliphatic rings. The molecule has 0 aromatic carbocycles. The van der Waals surface area contributed by atoms with Gasteiger partial charge in [-0.25, -0.2) is 12.2 Å². The first-order valence-electron chi connectivity index (χ1n) is 8.72. The van der Waals surface area contributed by atoms with E-state index in [1.165, 1.54) is 0 Å². The van der Waals surface area contributed by atoms with E-state index in [-0.39, 0.29) is 44.5 Å². The summed E-state index contributed by atoms with van der Waals surface area (Å²) in [4.78, 5) is 0. The Morgan fingerprint density at radius 2 is 1.12 bits per heavy atom. The molecule has 0 fully saturated rings. The molecule has 3 nitrogen and oxygen atoms in total. The van der Waals surface area contributed by atoms with E-state index in [0.29, 0.717) is 15.4 Å². The van der Waals surface area contributed by atoms with Crippen molar-refractivity contribution in [3.63, 3.8) is 0 Å². The number of rotatable bonds is 3. The molecule has 1 rings (SSSR count). The Hall–Kier alpha value is 0.786. The Labute approximate surface area is 177 Å². The van der Waals surface area contributed by atoms with Gasteiger partial charge >= 0.3 is 26.9 Å². The van der Waals surface area contributed by atoms with Crippen LogP contribution in [-0.4, -0.2) is 49.1 Å². The summed E-state index contributed by atoms with van der Waals surface area (Å²) in [5.41, 5.74) is 0. The molecular formula is C19H42GeO3Zr-. The van der Waals surface area contributed by atoms with Crippen molar-refractivity contribution < 1.29 is 41.5 Å². The van der Waals surface area contributed by atoms with Crippen LogP contribution < -0.4 is 0 Å². The molecule has 0 aliphatic heterocycles. The number of hydrogen-bond donors (Lipinski definition) is 3. The minimum Gasteiger partial charge on any atom is 0 e. The minimum absolute atomic E-state index is 0. The molecule has 24 heavy (non-hydrogen) atoms. The van der Waals surface area contributed by atoms with Crippen LogP contribution in [0.3, 0.4) is 0 Å². The molecule has 145 valence electrons. The third-order valence-electron chi connectivity index (χ3n) is 2.36. The fourth-order valence-corrected chi connectivity index (χ4v) is 0.340. The zero-order valence-electron chi connectivity index (χ0n) is 17.2. The normalized spacial score (nSPS) is 13.8. The number of allylic oxidation sites excluding steroid dienone is 4. The molecule has 0 saturated heterocycles. The number of hydrogen-bond acceptors (Lipinski definition) is 3. The summed E-state index contributed by atoms with van der Waals surface area (Å²) in [7, 11) is 0. The summed E-state index contributed by atoms with van der Waals surface area (Å²) < 4.78 is 0. The molecule has 1 aliphatic carbocycles. The van der Waals surface area contributed by atoms with Crippen molar-refractivity contribution in [3.05, 3.63) is 24.3 Å². The van der Waals surface area contributed by atoms with Crippen LogP contribution >= 0.6 is 0 Å². The zero-order chi connectivity index (χ0) is 19.1. The van der Waals surface area contributed by atoms with Crippen LogP contribution in [0.25, 0.3) is 0 Å². The van der Waals surface area contributed by atoms with E-state index in [4.69, 9.17) is 15.3 Å². The fraction of sp³-hybridized carbons (Fsp3) is 0.789. The molecule has 0 aromatic rings. The van der Waals surface area contributed by atoms with Gasteiger partial charge in [0.2, 0.25) is 0 Å². The summed E-state index contributed by atoms with van der Waals surface area (Å²) in [6.07, 6.45) is 12.2. The molecule has 0 amide bonds. The van der Waals surface area contributed by atoms with Crippen molar-refractivity contribution in [2.24, 2.45) is 0 Å². The zero-order valence-corrected chi connectivity index (χ0v) is 22.1. The standard InChI is InChI=1S/C5H5.3C4H10O.C2H7Ge.Zr/c1-2-4-5-3-1;3*1-3-4(2)5;1-3-2;/h1-3H,4H2;3*4-5H,3H2,1-2H3;3H,1-2H3;/q-1;;;;;. The van der Waals surface area contributed by atoms with Crippen molar-refractivity contribution in [1.29, 1.82) is 0 Å². The van der Waals surface area contributed by atoms with Crippen LogP contribution in [0, 0.1) is 6.08 Å². The molecule has 0 aromatic heterocycles. The van der Waals surface area contributed by atoms with Gasteiger partial charge in [-0.1, -0.05) is 20.8 Å². The summed E-state index contributed by atoms with van der Waals surface area (Å²) in [6.45, 7) is 11.2. The molecule has 1 radical (unpaired) electrons. The second-order valence-corrected chi connectivity index (χ2v) is 7.77. The second-order valence-electron chi connectivity index (χ2n) is 5.35. The number of aliphatic hydroxyl groups excluding tert-OH is 3. The average molecular weight is 482 g/mol. The van der Waals surface area contributed by atoms with Crippen molar-refractivity contribution in [1.82, 2.24) is 0 Å². The predicted molar refractivity (Wildman–Crippen MR) is 106 cm³/mol. The molecule has 3 N–H and O–H groups in total. The molecule has 0 bridgehead atoms. The molecular weight excluding hydrogens is 440 g/mol. The van der Waals surface area contributed by atoms with Gasteiger partial charge in [0.15, 0.2) is 0 Å². The maximum absolute atomic E-state index is 8.36. The molecule has 0 saturated carbocycles. The fourth-order valence-electron chi connectivity index (χ4n) is 0.340. The maximum atomic E-state index is 8.36. The van der Waals surface area contributed by atoms with Crippen molar-refractivity contribution in [3.8, 4) is 0 Å². The van der Waals surface area contributed by atoms with Crippen LogP contribution in [-0.2, 0) is 26.2 Å². The second kappa shape index (κ2) is 35.0. The van der Waals surface area contributed by atoms with Gasteiger partial charge in [0.05, 0.1) is 18.3 Å². The van der Waals surface area contributed by atoms with Gasteiger partial charge in [0.1, 0.15) is 0 Å². The van der Waals surface area contributed by atoms with Gasteiger partial charge < -0.3 is 15.3 Å². The SMILES string of the molecule is CCC(C)O.CCC(C)O.CCC(C)O.[C-]1=CC=CC1.[CH3][GeH][CH3].[Zr]. The molecule has 0 spiro atoms. The first-order valence-corrected chi connectivity index (χ1v) is 13.6. The first kappa shape index (κ1) is 35.8. The van der Waals surface area contributed by atoms with Gasteiger partial charge in [0.25, 0.3) is 0 Å². The summed E-state index contributed by atoms with van der Waals surface area (Å²) in [6, 6.07) is 0. The van der Waals surface area contributed by atoms with E-state index in [2.05, 4.69) is 23.7 Å². The van der Waals surface area contributed by atoms with Gasteiger partial charge in [0, 0.05) is 26.2 Å². The summed E-state index contributed by atoms with van der Waals surface area (Å²) in [5.74, 6) is 4.56. The predicted octanol–water partition coefficient (Wildman–Crippen LogP) is 4.15. The third-order valence-corrected chi connectivity index (χ3v) is 2.36. The molecule has 0 heterocycles. The number of aliphatic hydroxyl groups is 3. The minimum atomic E-state index is -0.116. The Kier molecular flexibility index (Phi) is 52.2. The molecule has 3 atom stereocenters. The average Bonchev–Trinajstić information content (AvgIpc) is 3.08. The Morgan fingerprint density at radius 1 is 0.875 bits per heavy atom. The van der Waals surface area contributed by atoms with Gasteiger partial charge in [-0.05, 0) is 40.0 Å². The smallest absolute Gasteiger partial charge is 0 e. The van der Waals surface area contributed by atoms with Crippen LogP contribution in [0.1, 0.15) is 67.2 Å². The maximum Gasteiger partial charge on any atom is 0 e. The monoisotopic (exact) mass is 482 g/mol. The molecule has 3 unspecified atom stereocenters. The van der Waals surface area contributed by atoms with Crippen molar-refractivity contribution in [2.45, 2.75) is 97.1 Å². The van der Waals surface area contributed by atoms with E-state index in [1.54, 1.807) is 20.8 Å². The summed E-state index contributed by atoms with van der Waals surface area (Å²) >= 11 is 0.312. The topological polar surface area (TPSA) is 60.7 Å². The van der Waals surface area contributed by atoms with Gasteiger partial charge in [-0.15, -0.1) is 6.42 Å². The Bertz CT molecular complexity index is 202. The van der Waals surface area contributed by atoms with E-state index < -0.39 is 0 Å². The van der Waals surface area contributed by atoms with Crippen LogP contribution in [0.5, 0.6) is 0 Å². The van der Waals surface area contributed by atoms with E-state index in [0.717, 1.165) is 25.7 Å². The van der Waals surface area contributed by atoms with Crippen molar-refractivity contribution >= 4 is 15.4 Å². The largest absolute Gasteiger partial charge is 0 e. The van der Waals surface area contributed by atoms with Gasteiger partial charge in [-0.3, -0.25) is 6.08 Å². The molecule has 5 heteroatoms. The van der Waals surface area contributed by atoms with E-state index >= 15 is 0 Å². The van der Waals surface area contributed by atoms with E-state index in [9.17, 15) is 0 Å². The van der Waals surface area contributed by atoms with E-state index in [1.807, 2.05) is 32.9 Å². The Morgan fingerprint density at radius 3 is 1.17 bits per heavy atom. The summed E-state index contributed by atoms with van der Waals surface area (Å²) in [5, 5.41) is 25.1. The van der Waals surface area contributed by atoms with Crippen LogP contribution in [0.2, 0.25) is 11.5 Å². The Balaban J connectivity index is -0.0000000627. The quantitative estimate of drug-likeness (QED) is 0.419. The van der Waals surface area contributed by atoms with Crippen LogP contribution in [0.4, 0.5) is 0 Å². The van der Waals surface area contributed by atoms with Crippen molar-refractivity contribution in [2.75, 3.05) is 0 Å².